The summed E-state index contributed by atoms with van der Waals surface area (Å²) in [5.74, 6) is -2.67. The Labute approximate surface area is 114 Å². The van der Waals surface area contributed by atoms with Crippen LogP contribution >= 0.6 is 0 Å². The van der Waals surface area contributed by atoms with E-state index in [0.29, 0.717) is 12.8 Å². The fourth-order valence-corrected chi connectivity index (χ4v) is 2.50. The van der Waals surface area contributed by atoms with Gasteiger partial charge < -0.3 is 16.3 Å². The van der Waals surface area contributed by atoms with Gasteiger partial charge in [-0.15, -0.1) is 0 Å². The highest BCUT2D eigenvalue weighted by molar-refractivity contribution is 6.12. The number of rotatable bonds is 3. The standard InChI is InChI=1S/C13H15F2N3O2/c14-9-4-3-8(7-10(9)15)17-12(19)13(11(16)18-20)5-1-2-6-13/h3-4,7,20H,1-2,5-6H2,(H2,16,18)(H,17,19). The molecule has 20 heavy (non-hydrogen) atoms. The van der Waals surface area contributed by atoms with Gasteiger partial charge in [0.05, 0.1) is 0 Å². The maximum atomic E-state index is 13.1. The van der Waals surface area contributed by atoms with E-state index >= 15 is 0 Å². The molecule has 1 fully saturated rings. The van der Waals surface area contributed by atoms with Crippen molar-refractivity contribution in [3.8, 4) is 0 Å². The number of oxime groups is 1. The van der Waals surface area contributed by atoms with Crippen LogP contribution in [-0.4, -0.2) is 17.0 Å². The molecule has 1 aliphatic rings. The van der Waals surface area contributed by atoms with E-state index in [1.54, 1.807) is 0 Å². The second-order valence-corrected chi connectivity index (χ2v) is 4.86. The van der Waals surface area contributed by atoms with E-state index in [0.717, 1.165) is 25.0 Å². The highest BCUT2D eigenvalue weighted by Crippen LogP contribution is 2.39. The minimum absolute atomic E-state index is 0.130. The van der Waals surface area contributed by atoms with Crippen LogP contribution in [0.2, 0.25) is 0 Å². The van der Waals surface area contributed by atoms with E-state index in [-0.39, 0.29) is 11.5 Å². The van der Waals surface area contributed by atoms with Gasteiger partial charge in [-0.1, -0.05) is 18.0 Å². The zero-order valence-corrected chi connectivity index (χ0v) is 10.7. The zero-order valence-electron chi connectivity index (χ0n) is 10.7. The number of benzene rings is 1. The Morgan fingerprint density at radius 3 is 2.50 bits per heavy atom. The van der Waals surface area contributed by atoms with Crippen molar-refractivity contribution in [1.82, 2.24) is 0 Å². The third-order valence-corrected chi connectivity index (χ3v) is 3.67. The van der Waals surface area contributed by atoms with Crippen molar-refractivity contribution >= 4 is 17.4 Å². The lowest BCUT2D eigenvalue weighted by Crippen LogP contribution is -2.45. The Hall–Kier alpha value is -2.18. The molecule has 5 nitrogen and oxygen atoms in total. The third kappa shape index (κ3) is 2.43. The Morgan fingerprint density at radius 2 is 1.95 bits per heavy atom. The Balaban J connectivity index is 2.23. The van der Waals surface area contributed by atoms with E-state index < -0.39 is 23.0 Å². The first kappa shape index (κ1) is 14.2. The highest BCUT2D eigenvalue weighted by Gasteiger charge is 2.45. The zero-order chi connectivity index (χ0) is 14.8. The molecule has 0 radical (unpaired) electrons. The molecule has 108 valence electrons. The van der Waals surface area contributed by atoms with Crippen LogP contribution in [-0.2, 0) is 4.79 Å². The Kier molecular flexibility index (Phi) is 3.87. The fourth-order valence-electron chi connectivity index (χ4n) is 2.50. The highest BCUT2D eigenvalue weighted by atomic mass is 19.2. The topological polar surface area (TPSA) is 87.7 Å². The SMILES string of the molecule is NC(=NO)C1(C(=O)Nc2ccc(F)c(F)c2)CCCC1. The quantitative estimate of drug-likeness (QED) is 0.344. The predicted octanol–water partition coefficient (Wildman–Crippen LogP) is 2.21. The van der Waals surface area contributed by atoms with Gasteiger partial charge in [0.1, 0.15) is 5.41 Å². The smallest absolute Gasteiger partial charge is 0.238 e. The van der Waals surface area contributed by atoms with E-state index in [2.05, 4.69) is 10.5 Å². The van der Waals surface area contributed by atoms with E-state index in [4.69, 9.17) is 10.9 Å². The molecule has 0 spiro atoms. The van der Waals surface area contributed by atoms with Gasteiger partial charge in [-0.3, -0.25) is 4.79 Å². The molecule has 0 atom stereocenters. The lowest BCUT2D eigenvalue weighted by molar-refractivity contribution is -0.122. The Bertz CT molecular complexity index is 555. The van der Waals surface area contributed by atoms with Crippen molar-refractivity contribution in [2.45, 2.75) is 25.7 Å². The van der Waals surface area contributed by atoms with Gasteiger partial charge in [0.25, 0.3) is 0 Å². The molecule has 2 rings (SSSR count). The van der Waals surface area contributed by atoms with Crippen molar-refractivity contribution < 1.29 is 18.8 Å². The van der Waals surface area contributed by atoms with Gasteiger partial charge in [0, 0.05) is 11.8 Å². The maximum Gasteiger partial charge on any atom is 0.238 e. The summed E-state index contributed by atoms with van der Waals surface area (Å²) < 4.78 is 25.9. The fraction of sp³-hybridized carbons (Fsp3) is 0.385. The van der Waals surface area contributed by atoms with Crippen LogP contribution in [0.25, 0.3) is 0 Å². The molecule has 1 amide bonds. The van der Waals surface area contributed by atoms with Gasteiger partial charge in [-0.25, -0.2) is 8.78 Å². The van der Waals surface area contributed by atoms with Crippen molar-refractivity contribution in [2.24, 2.45) is 16.3 Å². The predicted molar refractivity (Wildman–Crippen MR) is 69.3 cm³/mol. The molecule has 0 bridgehead atoms. The van der Waals surface area contributed by atoms with Crippen LogP contribution in [0.1, 0.15) is 25.7 Å². The number of carbonyl (C=O) groups excluding carboxylic acids is 1. The summed E-state index contributed by atoms with van der Waals surface area (Å²) in [6.45, 7) is 0. The summed E-state index contributed by atoms with van der Waals surface area (Å²) in [5.41, 5.74) is 4.67. The number of nitrogens with one attached hydrogen (secondary N) is 1. The number of amides is 1. The largest absolute Gasteiger partial charge is 0.409 e. The van der Waals surface area contributed by atoms with Crippen molar-refractivity contribution in [3.63, 3.8) is 0 Å². The second kappa shape index (κ2) is 5.44. The number of hydrogen-bond acceptors (Lipinski definition) is 3. The summed E-state index contributed by atoms with van der Waals surface area (Å²) in [4.78, 5) is 12.3. The van der Waals surface area contributed by atoms with Gasteiger partial charge in [0.15, 0.2) is 17.5 Å². The van der Waals surface area contributed by atoms with Crippen LogP contribution < -0.4 is 11.1 Å². The normalized spacial score (nSPS) is 18.0. The third-order valence-electron chi connectivity index (χ3n) is 3.67. The van der Waals surface area contributed by atoms with Crippen molar-refractivity contribution in [2.75, 3.05) is 5.32 Å². The lowest BCUT2D eigenvalue weighted by atomic mass is 9.83. The van der Waals surface area contributed by atoms with Gasteiger partial charge in [-0.2, -0.15) is 0 Å². The van der Waals surface area contributed by atoms with E-state index in [1.165, 1.54) is 6.07 Å². The summed E-state index contributed by atoms with van der Waals surface area (Å²) >= 11 is 0. The number of carbonyl (C=O) groups is 1. The monoisotopic (exact) mass is 283 g/mol. The average Bonchev–Trinajstić information content (AvgIpc) is 2.93. The van der Waals surface area contributed by atoms with Crippen molar-refractivity contribution in [3.05, 3.63) is 29.8 Å². The average molecular weight is 283 g/mol. The minimum atomic E-state index is -1.08. The molecular formula is C13H15F2N3O2. The first-order valence-corrected chi connectivity index (χ1v) is 6.24. The summed E-state index contributed by atoms with van der Waals surface area (Å²) in [6.07, 6.45) is 2.47. The molecule has 0 aliphatic heterocycles. The van der Waals surface area contributed by atoms with E-state index in [1.807, 2.05) is 0 Å². The van der Waals surface area contributed by atoms with Crippen LogP contribution in [0.3, 0.4) is 0 Å². The minimum Gasteiger partial charge on any atom is -0.409 e. The lowest BCUT2D eigenvalue weighted by Gasteiger charge is -2.25. The first-order chi connectivity index (χ1) is 9.49. The Morgan fingerprint density at radius 1 is 1.30 bits per heavy atom. The molecule has 7 heteroatoms. The molecule has 1 saturated carbocycles. The van der Waals surface area contributed by atoms with Crippen LogP contribution in [0, 0.1) is 17.0 Å². The molecular weight excluding hydrogens is 268 g/mol. The van der Waals surface area contributed by atoms with Crippen molar-refractivity contribution in [1.29, 1.82) is 0 Å². The number of amidine groups is 1. The number of anilines is 1. The molecule has 0 aromatic heterocycles. The van der Waals surface area contributed by atoms with E-state index in [9.17, 15) is 13.6 Å². The second-order valence-electron chi connectivity index (χ2n) is 4.86. The first-order valence-electron chi connectivity index (χ1n) is 6.24. The van der Waals surface area contributed by atoms with Gasteiger partial charge in [0.2, 0.25) is 5.91 Å². The summed E-state index contributed by atoms with van der Waals surface area (Å²) in [7, 11) is 0. The molecule has 0 unspecified atom stereocenters. The number of nitrogens with two attached hydrogens (primary N) is 1. The van der Waals surface area contributed by atoms with Crippen LogP contribution in [0.5, 0.6) is 0 Å². The van der Waals surface area contributed by atoms with Crippen LogP contribution in [0.4, 0.5) is 14.5 Å². The molecule has 1 aromatic rings. The molecule has 1 aliphatic carbocycles. The van der Waals surface area contributed by atoms with Gasteiger partial charge >= 0.3 is 0 Å². The summed E-state index contributed by atoms with van der Waals surface area (Å²) in [5, 5.41) is 14.3. The molecule has 4 N–H and O–H groups in total. The van der Waals surface area contributed by atoms with Crippen LogP contribution in [0.15, 0.2) is 23.4 Å². The van der Waals surface area contributed by atoms with Gasteiger partial charge in [-0.05, 0) is 25.0 Å². The molecule has 0 saturated heterocycles. The maximum absolute atomic E-state index is 13.1. The number of hydrogen-bond donors (Lipinski definition) is 3. The number of halogens is 2. The molecule has 1 aromatic carbocycles. The molecule has 0 heterocycles. The summed E-state index contributed by atoms with van der Waals surface area (Å²) in [6, 6.07) is 3.07. The number of nitrogens with zero attached hydrogens (tertiary/aromatic N) is 1.